The van der Waals surface area contributed by atoms with Crippen molar-refractivity contribution in [2.75, 3.05) is 0 Å². The summed E-state index contributed by atoms with van der Waals surface area (Å²) >= 11 is 0. The molecule has 0 nitrogen and oxygen atoms in total. The van der Waals surface area contributed by atoms with E-state index in [-0.39, 0.29) is 0 Å². The summed E-state index contributed by atoms with van der Waals surface area (Å²) < 4.78 is 0. The van der Waals surface area contributed by atoms with Gasteiger partial charge < -0.3 is 0 Å². The molecule has 2 atom stereocenters. The molecule has 1 rings (SSSR count). The Morgan fingerprint density at radius 3 is 1.91 bits per heavy atom. The molecule has 66 valence electrons. The summed E-state index contributed by atoms with van der Waals surface area (Å²) in [6.07, 6.45) is 2.86. The highest BCUT2D eigenvalue weighted by atomic mass is 14.4. The Bertz CT molecular complexity index is 133. The minimum atomic E-state index is 0.619. The van der Waals surface area contributed by atoms with E-state index < -0.39 is 0 Å². The van der Waals surface area contributed by atoms with Gasteiger partial charge in [-0.05, 0) is 36.0 Å². The smallest absolute Gasteiger partial charge is 0.0349 e. The van der Waals surface area contributed by atoms with Gasteiger partial charge in [0.15, 0.2) is 0 Å². The van der Waals surface area contributed by atoms with Crippen molar-refractivity contribution < 1.29 is 0 Å². The molecule has 1 aliphatic carbocycles. The van der Waals surface area contributed by atoms with Crippen LogP contribution in [0.3, 0.4) is 0 Å². The van der Waals surface area contributed by atoms with Gasteiger partial charge in [0.25, 0.3) is 0 Å². The van der Waals surface area contributed by atoms with E-state index in [2.05, 4.69) is 34.6 Å². The lowest BCUT2D eigenvalue weighted by Crippen LogP contribution is -2.11. The first-order valence-corrected chi connectivity index (χ1v) is 4.92. The zero-order valence-electron chi connectivity index (χ0n) is 8.65. The Morgan fingerprint density at radius 1 is 1.18 bits per heavy atom. The van der Waals surface area contributed by atoms with Crippen LogP contribution in [0.1, 0.15) is 47.5 Å². The molecule has 2 unspecified atom stereocenters. The summed E-state index contributed by atoms with van der Waals surface area (Å²) in [5, 5.41) is 0. The zero-order chi connectivity index (χ0) is 8.65. The first-order valence-electron chi connectivity index (χ1n) is 4.92. The van der Waals surface area contributed by atoms with Gasteiger partial charge in [0, 0.05) is 0 Å². The molecule has 11 heavy (non-hydrogen) atoms. The number of hydrogen-bond donors (Lipinski definition) is 0. The molecule has 1 fully saturated rings. The van der Waals surface area contributed by atoms with Crippen LogP contribution in [0.25, 0.3) is 0 Å². The van der Waals surface area contributed by atoms with Gasteiger partial charge in [-0.2, -0.15) is 0 Å². The molecule has 0 heteroatoms. The van der Waals surface area contributed by atoms with Crippen molar-refractivity contribution >= 4 is 0 Å². The van der Waals surface area contributed by atoms with Crippen LogP contribution in [0.5, 0.6) is 0 Å². The van der Waals surface area contributed by atoms with E-state index in [0.29, 0.717) is 5.41 Å². The van der Waals surface area contributed by atoms with Crippen LogP contribution >= 0.6 is 0 Å². The summed E-state index contributed by atoms with van der Waals surface area (Å²) in [6, 6.07) is 0. The van der Waals surface area contributed by atoms with Crippen LogP contribution in [-0.2, 0) is 0 Å². The lowest BCUT2D eigenvalue weighted by molar-refractivity contribution is 0.301. The standard InChI is InChI=1S/C11H22/c1-8(2)10-7-11(4,5)6-9(10)3/h8-10H,6-7H2,1-5H3. The van der Waals surface area contributed by atoms with Crippen molar-refractivity contribution in [2.45, 2.75) is 47.5 Å². The monoisotopic (exact) mass is 154 g/mol. The second kappa shape index (κ2) is 2.80. The van der Waals surface area contributed by atoms with Crippen molar-refractivity contribution in [3.05, 3.63) is 0 Å². The van der Waals surface area contributed by atoms with E-state index in [9.17, 15) is 0 Å². The Kier molecular flexibility index (Phi) is 2.32. The molecule has 0 aromatic rings. The fourth-order valence-electron chi connectivity index (χ4n) is 2.84. The second-order valence-corrected chi connectivity index (χ2v) is 5.46. The van der Waals surface area contributed by atoms with Gasteiger partial charge in [0.1, 0.15) is 0 Å². The lowest BCUT2D eigenvalue weighted by Gasteiger charge is -2.20. The SMILES string of the molecule is CC(C)C1CC(C)(C)CC1C. The van der Waals surface area contributed by atoms with Crippen LogP contribution in [0.15, 0.2) is 0 Å². The number of hydrogen-bond acceptors (Lipinski definition) is 0. The van der Waals surface area contributed by atoms with E-state index in [1.54, 1.807) is 0 Å². The summed E-state index contributed by atoms with van der Waals surface area (Å²) in [6.45, 7) is 12.0. The Morgan fingerprint density at radius 2 is 1.73 bits per heavy atom. The van der Waals surface area contributed by atoms with Crippen molar-refractivity contribution in [3.63, 3.8) is 0 Å². The number of rotatable bonds is 1. The maximum Gasteiger partial charge on any atom is -0.0349 e. The molecule has 1 aliphatic rings. The molecular formula is C11H22. The Hall–Kier alpha value is 0. The third-order valence-electron chi connectivity index (χ3n) is 3.25. The topological polar surface area (TPSA) is 0 Å². The van der Waals surface area contributed by atoms with Gasteiger partial charge >= 0.3 is 0 Å². The molecule has 0 bridgehead atoms. The van der Waals surface area contributed by atoms with E-state index >= 15 is 0 Å². The van der Waals surface area contributed by atoms with Crippen LogP contribution in [-0.4, -0.2) is 0 Å². The second-order valence-electron chi connectivity index (χ2n) is 5.46. The molecule has 0 aromatic heterocycles. The highest BCUT2D eigenvalue weighted by Crippen LogP contribution is 2.47. The summed E-state index contributed by atoms with van der Waals surface area (Å²) in [4.78, 5) is 0. The van der Waals surface area contributed by atoms with Crippen LogP contribution in [0.4, 0.5) is 0 Å². The van der Waals surface area contributed by atoms with E-state index in [4.69, 9.17) is 0 Å². The molecular weight excluding hydrogens is 132 g/mol. The van der Waals surface area contributed by atoms with Crippen molar-refractivity contribution in [1.82, 2.24) is 0 Å². The minimum absolute atomic E-state index is 0.619. The lowest BCUT2D eigenvalue weighted by atomic mass is 9.86. The van der Waals surface area contributed by atoms with Crippen molar-refractivity contribution in [2.24, 2.45) is 23.2 Å². The normalized spacial score (nSPS) is 36.5. The van der Waals surface area contributed by atoms with Crippen molar-refractivity contribution in [1.29, 1.82) is 0 Å². The molecule has 1 saturated carbocycles. The minimum Gasteiger partial charge on any atom is -0.0625 e. The quantitative estimate of drug-likeness (QED) is 0.540. The Balaban J connectivity index is 2.59. The van der Waals surface area contributed by atoms with Crippen molar-refractivity contribution in [3.8, 4) is 0 Å². The van der Waals surface area contributed by atoms with Gasteiger partial charge in [-0.1, -0.05) is 34.6 Å². The highest BCUT2D eigenvalue weighted by molar-refractivity contribution is 4.87. The van der Waals surface area contributed by atoms with Gasteiger partial charge in [-0.3, -0.25) is 0 Å². The average molecular weight is 154 g/mol. The fourth-order valence-corrected chi connectivity index (χ4v) is 2.84. The predicted octanol–water partition coefficient (Wildman–Crippen LogP) is 3.71. The molecule has 0 radical (unpaired) electrons. The molecule has 0 N–H and O–H groups in total. The third kappa shape index (κ3) is 1.98. The fraction of sp³-hybridized carbons (Fsp3) is 1.00. The summed E-state index contributed by atoms with van der Waals surface area (Å²) in [5.74, 6) is 2.81. The summed E-state index contributed by atoms with van der Waals surface area (Å²) in [5.41, 5.74) is 0.619. The molecule has 0 amide bonds. The molecule has 0 aromatic carbocycles. The highest BCUT2D eigenvalue weighted by Gasteiger charge is 2.37. The van der Waals surface area contributed by atoms with Gasteiger partial charge in [-0.25, -0.2) is 0 Å². The van der Waals surface area contributed by atoms with Gasteiger partial charge in [0.05, 0.1) is 0 Å². The van der Waals surface area contributed by atoms with Crippen LogP contribution in [0, 0.1) is 23.2 Å². The summed E-state index contributed by atoms with van der Waals surface area (Å²) in [7, 11) is 0. The third-order valence-corrected chi connectivity index (χ3v) is 3.25. The maximum atomic E-state index is 2.42. The zero-order valence-corrected chi connectivity index (χ0v) is 8.65. The molecule has 0 saturated heterocycles. The first kappa shape index (κ1) is 9.09. The van der Waals surface area contributed by atoms with Gasteiger partial charge in [0.2, 0.25) is 0 Å². The van der Waals surface area contributed by atoms with E-state index in [0.717, 1.165) is 17.8 Å². The predicted molar refractivity (Wildman–Crippen MR) is 50.5 cm³/mol. The van der Waals surface area contributed by atoms with E-state index in [1.807, 2.05) is 0 Å². The van der Waals surface area contributed by atoms with Crippen LogP contribution < -0.4 is 0 Å². The molecule has 0 heterocycles. The average Bonchev–Trinajstić information content (AvgIpc) is 2.05. The first-order chi connectivity index (χ1) is 4.92. The maximum absolute atomic E-state index is 2.42. The molecule has 0 aliphatic heterocycles. The molecule has 0 spiro atoms. The van der Waals surface area contributed by atoms with Crippen LogP contribution in [0.2, 0.25) is 0 Å². The van der Waals surface area contributed by atoms with Gasteiger partial charge in [-0.15, -0.1) is 0 Å². The largest absolute Gasteiger partial charge is 0.0625 e. The Labute approximate surface area is 71.4 Å². The van der Waals surface area contributed by atoms with E-state index in [1.165, 1.54) is 12.8 Å².